The third-order valence-corrected chi connectivity index (χ3v) is 5.42. The molecule has 3 aromatic rings. The van der Waals surface area contributed by atoms with Crippen molar-refractivity contribution < 1.29 is 4.79 Å². The monoisotopic (exact) mass is 463 g/mol. The molecular weight excluding hydrogens is 434 g/mol. The van der Waals surface area contributed by atoms with Gasteiger partial charge in [0, 0.05) is 32.3 Å². The van der Waals surface area contributed by atoms with Crippen molar-refractivity contribution in [3.05, 3.63) is 65.0 Å². The van der Waals surface area contributed by atoms with E-state index in [1.807, 2.05) is 61.2 Å². The number of carbonyl (C=O) groups is 1. The van der Waals surface area contributed by atoms with E-state index in [0.717, 1.165) is 22.5 Å². The smallest absolute Gasteiger partial charge is 0.251 e. The van der Waals surface area contributed by atoms with Gasteiger partial charge in [0.25, 0.3) is 5.91 Å². The van der Waals surface area contributed by atoms with E-state index < -0.39 is 0 Å². The lowest BCUT2D eigenvalue weighted by Gasteiger charge is -2.14. The van der Waals surface area contributed by atoms with Crippen molar-refractivity contribution in [1.82, 2.24) is 30.2 Å². The number of hydrogen-bond donors (Lipinski definition) is 5. The van der Waals surface area contributed by atoms with Crippen LogP contribution < -0.4 is 28.1 Å². The average molecular weight is 464 g/mol. The van der Waals surface area contributed by atoms with Gasteiger partial charge in [0.15, 0.2) is 11.7 Å². The number of hydrazine groups is 2. The molecule has 0 aliphatic carbocycles. The largest absolute Gasteiger partial charge is 0.395 e. The Hall–Kier alpha value is -4.16. The molecule has 0 bridgehead atoms. The lowest BCUT2D eigenvalue weighted by Crippen LogP contribution is -2.40. The fourth-order valence-corrected chi connectivity index (χ4v) is 3.61. The first-order valence-corrected chi connectivity index (χ1v) is 10.7. The van der Waals surface area contributed by atoms with Crippen LogP contribution in [0.5, 0.6) is 0 Å². The van der Waals surface area contributed by atoms with Crippen LogP contribution in [0.25, 0.3) is 0 Å². The number of nitrogens with one attached hydrogen (secondary N) is 2. The number of amidine groups is 1. The van der Waals surface area contributed by atoms with E-state index in [9.17, 15) is 4.79 Å². The number of amides is 1. The lowest BCUT2D eigenvalue weighted by molar-refractivity contribution is 0.0946. The van der Waals surface area contributed by atoms with Gasteiger partial charge in [0.2, 0.25) is 0 Å². The van der Waals surface area contributed by atoms with E-state index in [4.69, 9.17) is 17.3 Å². The molecule has 1 aliphatic rings. The van der Waals surface area contributed by atoms with Gasteiger partial charge >= 0.3 is 0 Å². The van der Waals surface area contributed by atoms with E-state index in [1.54, 1.807) is 17.4 Å². The van der Waals surface area contributed by atoms with Gasteiger partial charge in [-0.05, 0) is 41.8 Å². The lowest BCUT2D eigenvalue weighted by atomic mass is 10.1. The van der Waals surface area contributed by atoms with Crippen molar-refractivity contribution in [2.24, 2.45) is 10.9 Å². The average Bonchev–Trinajstić information content (AvgIpc) is 3.51. The standard InChI is InChI=1S/C22H29N11O/c1-13(21-30-33(21)31(2)3)27-22(34)16-6-4-14(5-7-16)11-32-12-15(10-26-32)8-17-9-18(23)28-20(29-25)19(17)24/h4-7,9-10,12-13H,8,11,24-25H2,1-3H3,(H,27,34)(H3,23,28,29). The first kappa shape index (κ1) is 23.0. The number of nitrogen functional groups attached to an aromatic ring is 3. The van der Waals surface area contributed by atoms with Gasteiger partial charge < -0.3 is 22.2 Å². The predicted molar refractivity (Wildman–Crippen MR) is 131 cm³/mol. The van der Waals surface area contributed by atoms with Crippen molar-refractivity contribution in [2.75, 3.05) is 31.0 Å². The summed E-state index contributed by atoms with van der Waals surface area (Å²) < 4.78 is 1.83. The quantitative estimate of drug-likeness (QED) is 0.225. The molecular formula is C22H29N11O. The van der Waals surface area contributed by atoms with Gasteiger partial charge in [-0.2, -0.15) is 10.2 Å². The summed E-state index contributed by atoms with van der Waals surface area (Å²) in [5.41, 5.74) is 18.3. The van der Waals surface area contributed by atoms with Gasteiger partial charge in [-0.1, -0.05) is 12.1 Å². The predicted octanol–water partition coefficient (Wildman–Crippen LogP) is 0.591. The van der Waals surface area contributed by atoms with Crippen molar-refractivity contribution in [3.63, 3.8) is 0 Å². The minimum atomic E-state index is -0.168. The second kappa shape index (κ2) is 9.37. The Bertz CT molecular complexity index is 1220. The summed E-state index contributed by atoms with van der Waals surface area (Å²) >= 11 is 0. The summed E-state index contributed by atoms with van der Waals surface area (Å²) in [7, 11) is 3.79. The Labute approximate surface area is 197 Å². The summed E-state index contributed by atoms with van der Waals surface area (Å²) in [6, 6.07) is 9.01. The van der Waals surface area contributed by atoms with Crippen LogP contribution in [0.15, 0.2) is 47.8 Å². The van der Waals surface area contributed by atoms with Crippen LogP contribution in [0.3, 0.4) is 0 Å². The van der Waals surface area contributed by atoms with Crippen LogP contribution in [0.4, 0.5) is 17.3 Å². The number of carbonyl (C=O) groups excluding carboxylic acids is 1. The third-order valence-electron chi connectivity index (χ3n) is 5.42. The maximum atomic E-state index is 12.6. The Balaban J connectivity index is 1.35. The van der Waals surface area contributed by atoms with Gasteiger partial charge in [-0.3, -0.25) is 9.48 Å². The molecule has 0 fully saturated rings. The number of aromatic nitrogens is 3. The highest BCUT2D eigenvalue weighted by molar-refractivity contribution is 6.01. The second-order valence-electron chi connectivity index (χ2n) is 8.32. The van der Waals surface area contributed by atoms with Crippen LogP contribution in [0.2, 0.25) is 0 Å². The molecule has 3 heterocycles. The molecule has 12 nitrogen and oxygen atoms in total. The maximum absolute atomic E-state index is 12.6. The second-order valence-corrected chi connectivity index (χ2v) is 8.32. The van der Waals surface area contributed by atoms with Crippen molar-refractivity contribution >= 4 is 29.1 Å². The molecule has 12 heteroatoms. The van der Waals surface area contributed by atoms with Crippen LogP contribution in [0, 0.1) is 0 Å². The highest BCUT2D eigenvalue weighted by Crippen LogP contribution is 2.24. The topological polar surface area (TPSA) is 169 Å². The summed E-state index contributed by atoms with van der Waals surface area (Å²) in [5.74, 6) is 6.83. The summed E-state index contributed by atoms with van der Waals surface area (Å²) in [6.07, 6.45) is 4.27. The highest BCUT2D eigenvalue weighted by atomic mass is 16.1. The Morgan fingerprint density at radius 2 is 1.91 bits per heavy atom. The molecule has 0 spiro atoms. The fourth-order valence-electron chi connectivity index (χ4n) is 3.61. The van der Waals surface area contributed by atoms with Crippen LogP contribution in [0.1, 0.15) is 34.0 Å². The minimum Gasteiger partial charge on any atom is -0.395 e. The molecule has 0 saturated heterocycles. The Kier molecular flexibility index (Phi) is 6.34. The minimum absolute atomic E-state index is 0.144. The number of rotatable bonds is 9. The SMILES string of the molecule is CC(NC(=O)c1ccc(Cn2cc(Cc3cc(N)nc(NN)c3N)cn2)cc1)C1=NN1N(C)C. The van der Waals surface area contributed by atoms with Gasteiger partial charge in [-0.25, -0.2) is 15.8 Å². The molecule has 1 unspecified atom stereocenters. The number of pyridine rings is 1. The number of anilines is 3. The number of benzene rings is 1. The molecule has 1 aromatic carbocycles. The van der Waals surface area contributed by atoms with E-state index in [0.29, 0.717) is 35.9 Å². The Morgan fingerprint density at radius 3 is 2.56 bits per heavy atom. The van der Waals surface area contributed by atoms with E-state index in [1.165, 1.54) is 0 Å². The normalized spacial score (nSPS) is 13.6. The molecule has 4 rings (SSSR count). The molecule has 0 radical (unpaired) electrons. The van der Waals surface area contributed by atoms with Crippen LogP contribution >= 0.6 is 0 Å². The third kappa shape index (κ3) is 5.08. The number of hydrogen-bond acceptors (Lipinski definition) is 10. The van der Waals surface area contributed by atoms with Crippen molar-refractivity contribution in [3.8, 4) is 0 Å². The molecule has 2 aromatic heterocycles. The first-order valence-electron chi connectivity index (χ1n) is 10.7. The first-order chi connectivity index (χ1) is 16.2. The van der Waals surface area contributed by atoms with E-state index in [2.05, 4.69) is 25.9 Å². The summed E-state index contributed by atoms with van der Waals surface area (Å²) in [5, 5.41) is 15.2. The molecule has 1 aliphatic heterocycles. The maximum Gasteiger partial charge on any atom is 0.251 e. The van der Waals surface area contributed by atoms with E-state index >= 15 is 0 Å². The van der Waals surface area contributed by atoms with Crippen molar-refractivity contribution in [2.45, 2.75) is 25.9 Å². The van der Waals surface area contributed by atoms with Gasteiger partial charge in [0.05, 0.1) is 24.5 Å². The van der Waals surface area contributed by atoms with Crippen molar-refractivity contribution in [1.29, 1.82) is 0 Å². The molecule has 1 amide bonds. The van der Waals surface area contributed by atoms with E-state index in [-0.39, 0.29) is 11.9 Å². The summed E-state index contributed by atoms with van der Waals surface area (Å²) in [4.78, 5) is 16.6. The van der Waals surface area contributed by atoms with Gasteiger partial charge in [-0.15, -0.1) is 5.10 Å². The van der Waals surface area contributed by atoms with Gasteiger partial charge in [0.1, 0.15) is 5.82 Å². The zero-order valence-corrected chi connectivity index (χ0v) is 19.4. The zero-order chi connectivity index (χ0) is 24.4. The van der Waals surface area contributed by atoms with Crippen LogP contribution in [-0.4, -0.2) is 56.8 Å². The molecule has 178 valence electrons. The number of nitrogens with two attached hydrogens (primary N) is 3. The fraction of sp³-hybridized carbons (Fsp3) is 0.273. The Morgan fingerprint density at radius 1 is 1.18 bits per heavy atom. The van der Waals surface area contributed by atoms with Crippen LogP contribution in [-0.2, 0) is 13.0 Å². The molecule has 8 N–H and O–H groups in total. The number of hydrazone groups is 1. The zero-order valence-electron chi connectivity index (χ0n) is 19.4. The molecule has 1 atom stereocenters. The number of nitrogens with zero attached hydrogens (tertiary/aromatic N) is 6. The molecule has 34 heavy (non-hydrogen) atoms. The summed E-state index contributed by atoms with van der Waals surface area (Å²) in [6.45, 7) is 2.47. The molecule has 0 saturated carbocycles. The highest BCUT2D eigenvalue weighted by Gasteiger charge is 2.32.